The van der Waals surface area contributed by atoms with E-state index in [-0.39, 0.29) is 11.1 Å². The number of nitriles is 4. The monoisotopic (exact) mass is 688 g/mol. The summed E-state index contributed by atoms with van der Waals surface area (Å²) < 4.78 is 148. The summed E-state index contributed by atoms with van der Waals surface area (Å²) in [6.45, 7) is 0. The fourth-order valence-corrected chi connectivity index (χ4v) is 5.15. The van der Waals surface area contributed by atoms with Gasteiger partial charge in [0.15, 0.2) is 46.5 Å². The first-order valence-electron chi connectivity index (χ1n) is 13.6. The number of benzene rings is 5. The Hall–Kier alpha value is -6.90. The number of rotatable bonds is 4. The average molecular weight is 688 g/mol. The first kappa shape index (κ1) is 34.4. The molecule has 0 N–H and O–H groups in total. The van der Waals surface area contributed by atoms with Gasteiger partial charge in [-0.3, -0.25) is 0 Å². The van der Waals surface area contributed by atoms with E-state index in [1.54, 1.807) is 0 Å². The maximum Gasteiger partial charge on any atom is 0.180 e. The molecule has 244 valence electrons. The molecule has 0 aliphatic carbocycles. The highest BCUT2D eigenvalue weighted by Gasteiger charge is 2.30. The van der Waals surface area contributed by atoms with Crippen LogP contribution in [0.5, 0.6) is 0 Å². The van der Waals surface area contributed by atoms with E-state index in [0.717, 1.165) is 72.8 Å². The zero-order chi connectivity index (χ0) is 36.6. The smallest absolute Gasteiger partial charge is 0.180 e. The van der Waals surface area contributed by atoms with Crippen LogP contribution in [0.1, 0.15) is 22.3 Å². The first-order valence-corrected chi connectivity index (χ1v) is 13.6. The van der Waals surface area contributed by atoms with Crippen LogP contribution in [0.2, 0.25) is 0 Å². The predicted octanol–water partition coefficient (Wildman–Crippen LogP) is 7.60. The molecule has 4 nitrogen and oxygen atoms in total. The highest BCUT2D eigenvalue weighted by molar-refractivity contribution is 5.87. The molecule has 5 aromatic rings. The van der Waals surface area contributed by atoms with Crippen molar-refractivity contribution in [1.82, 2.24) is 0 Å². The third-order valence-electron chi connectivity index (χ3n) is 7.48. The second kappa shape index (κ2) is 13.3. The molecular weight excluding hydrogens is 678 g/mol. The Morgan fingerprint density at radius 3 is 0.920 bits per heavy atom. The second-order valence-electron chi connectivity index (χ2n) is 10.2. The Kier molecular flexibility index (Phi) is 9.17. The summed E-state index contributed by atoms with van der Waals surface area (Å²) in [5.74, 6) is -19.0. The van der Waals surface area contributed by atoms with Crippen molar-refractivity contribution in [2.75, 3.05) is 0 Å². The minimum Gasteiger partial charge on any atom is -0.207 e. The van der Waals surface area contributed by atoms with Crippen LogP contribution in [0.3, 0.4) is 0 Å². The molecule has 14 heteroatoms. The quantitative estimate of drug-likeness (QED) is 0.144. The molecule has 0 spiro atoms. The maximum atomic E-state index is 15.4. The van der Waals surface area contributed by atoms with Crippen molar-refractivity contribution in [2.24, 2.45) is 0 Å². The van der Waals surface area contributed by atoms with Crippen LogP contribution in [0.25, 0.3) is 33.4 Å². The topological polar surface area (TPSA) is 95.2 Å². The molecule has 5 rings (SSSR count). The Labute approximate surface area is 274 Å². The van der Waals surface area contributed by atoms with Gasteiger partial charge in [0.2, 0.25) is 0 Å². The summed E-state index contributed by atoms with van der Waals surface area (Å²) in [6.07, 6.45) is 0. The van der Waals surface area contributed by atoms with Crippen molar-refractivity contribution in [3.05, 3.63) is 152 Å². The van der Waals surface area contributed by atoms with E-state index in [0.29, 0.717) is 0 Å². The van der Waals surface area contributed by atoms with Crippen LogP contribution in [-0.2, 0) is 0 Å². The van der Waals surface area contributed by atoms with Gasteiger partial charge in [-0.2, -0.15) is 21.0 Å². The van der Waals surface area contributed by atoms with Gasteiger partial charge in [-0.05, 0) is 58.7 Å². The summed E-state index contributed by atoms with van der Waals surface area (Å²) in [4.78, 5) is 0. The Morgan fingerprint density at radius 2 is 0.680 bits per heavy atom. The fraction of sp³-hybridized carbons (Fsp3) is 0. The van der Waals surface area contributed by atoms with Gasteiger partial charge in [-0.25, -0.2) is 43.9 Å². The van der Waals surface area contributed by atoms with Crippen molar-refractivity contribution >= 4 is 11.1 Å². The van der Waals surface area contributed by atoms with E-state index >= 15 is 17.6 Å². The minimum absolute atomic E-state index is 0.146. The number of hydrogen-bond acceptors (Lipinski definition) is 4. The van der Waals surface area contributed by atoms with Gasteiger partial charge in [0, 0.05) is 10.4 Å². The van der Waals surface area contributed by atoms with Crippen LogP contribution in [0, 0.1) is 103 Å². The lowest BCUT2D eigenvalue weighted by molar-refractivity contribution is 0.446. The number of halogens is 10. The molecule has 0 atom stereocenters. The molecule has 50 heavy (non-hydrogen) atoms. The average Bonchev–Trinajstić information content (AvgIpc) is 3.11. The van der Waals surface area contributed by atoms with Crippen LogP contribution in [0.15, 0.2) is 60.7 Å². The van der Waals surface area contributed by atoms with Gasteiger partial charge in [0.1, 0.15) is 47.0 Å². The van der Waals surface area contributed by atoms with E-state index in [2.05, 4.69) is 0 Å². The molecule has 0 aromatic heterocycles. The molecule has 0 saturated carbocycles. The fourth-order valence-electron chi connectivity index (χ4n) is 5.15. The highest BCUT2D eigenvalue weighted by atomic mass is 19.2. The maximum absolute atomic E-state index is 15.4. The Morgan fingerprint density at radius 1 is 0.400 bits per heavy atom. The van der Waals surface area contributed by atoms with Crippen molar-refractivity contribution in [1.29, 1.82) is 21.0 Å². The molecule has 0 radical (unpaired) electrons. The third kappa shape index (κ3) is 5.55. The van der Waals surface area contributed by atoms with Crippen LogP contribution in [-0.4, -0.2) is 0 Å². The van der Waals surface area contributed by atoms with E-state index in [4.69, 9.17) is 10.5 Å². The first-order chi connectivity index (χ1) is 23.8. The van der Waals surface area contributed by atoms with Crippen LogP contribution in [0.4, 0.5) is 43.9 Å². The van der Waals surface area contributed by atoms with Gasteiger partial charge in [0.05, 0.1) is 22.3 Å². The summed E-state index contributed by atoms with van der Waals surface area (Å²) >= 11 is 0. The highest BCUT2D eigenvalue weighted by Crippen LogP contribution is 2.32. The molecule has 0 unspecified atom stereocenters. The lowest BCUT2D eigenvalue weighted by Crippen LogP contribution is -2.22. The van der Waals surface area contributed by atoms with Gasteiger partial charge in [-0.15, -0.1) is 0 Å². The zero-order valence-electron chi connectivity index (χ0n) is 24.3. The van der Waals surface area contributed by atoms with E-state index < -0.39 is 113 Å². The van der Waals surface area contributed by atoms with Gasteiger partial charge in [0.25, 0.3) is 0 Å². The van der Waals surface area contributed by atoms with E-state index in [9.17, 15) is 36.9 Å². The molecule has 0 saturated heterocycles. The molecule has 0 heterocycles. The normalized spacial score (nSPS) is 12.0. The summed E-state index contributed by atoms with van der Waals surface area (Å²) in [5.41, 5.74) is -9.96. The SMILES string of the molecule is N#C/C(c1c(F)c(F)c(C#N)c(F)c1F)=c1/cc(-c2ccc(F)cc2)/c(=C(\C#N)c2c(F)c(F)c(C#N)c(F)c2F)cc1-c1ccc(F)cc1. The van der Waals surface area contributed by atoms with Crippen molar-refractivity contribution < 1.29 is 43.9 Å². The largest absolute Gasteiger partial charge is 0.207 e. The van der Waals surface area contributed by atoms with E-state index in [1.807, 2.05) is 0 Å². The van der Waals surface area contributed by atoms with Crippen molar-refractivity contribution in [3.8, 4) is 46.5 Å². The van der Waals surface area contributed by atoms with Crippen LogP contribution < -0.4 is 10.4 Å². The van der Waals surface area contributed by atoms with Crippen molar-refractivity contribution in [2.45, 2.75) is 0 Å². The number of hydrogen-bond donors (Lipinski definition) is 0. The van der Waals surface area contributed by atoms with Gasteiger partial charge >= 0.3 is 0 Å². The lowest BCUT2D eigenvalue weighted by atomic mass is 9.89. The zero-order valence-corrected chi connectivity index (χ0v) is 24.3. The summed E-state index contributed by atoms with van der Waals surface area (Å²) in [6, 6.07) is 14.0. The standard InChI is InChI=1S/C36H10F10N4/c37-17-5-1-15(2-6-17)19-9-22(24(12-48)28-35(45)31(41)26(14-50)32(42)36(28)46)20(16-3-7-18(38)8-4-16)10-21(19)23(11-47)27-33(43)29(39)25(13-49)30(40)34(27)44/h1-10H/b23-21+,24-22+. The van der Waals surface area contributed by atoms with Crippen LogP contribution >= 0.6 is 0 Å². The Bertz CT molecular complexity index is 2330. The number of nitrogens with zero attached hydrogens (tertiary/aromatic N) is 4. The van der Waals surface area contributed by atoms with Gasteiger partial charge in [-0.1, -0.05) is 24.3 Å². The molecular formula is C36H10F10N4. The molecule has 5 aromatic carbocycles. The second-order valence-corrected chi connectivity index (χ2v) is 10.2. The van der Waals surface area contributed by atoms with E-state index in [1.165, 1.54) is 12.1 Å². The molecule has 0 amide bonds. The van der Waals surface area contributed by atoms with Gasteiger partial charge < -0.3 is 0 Å². The summed E-state index contributed by atoms with van der Waals surface area (Å²) in [5, 5.41) is 37.2. The molecule has 0 aliphatic rings. The minimum atomic E-state index is -2.17. The predicted molar refractivity (Wildman–Crippen MR) is 155 cm³/mol. The summed E-state index contributed by atoms with van der Waals surface area (Å²) in [7, 11) is 0. The Balaban J connectivity index is 2.15. The molecule has 0 aliphatic heterocycles. The third-order valence-corrected chi connectivity index (χ3v) is 7.48. The molecule has 0 fully saturated rings. The lowest BCUT2D eigenvalue weighted by Gasteiger charge is -2.15. The van der Waals surface area contributed by atoms with Crippen molar-refractivity contribution in [3.63, 3.8) is 0 Å². The molecule has 0 bridgehead atoms.